The quantitative estimate of drug-likeness (QED) is 0.554. The van der Waals surface area contributed by atoms with E-state index >= 15 is 0 Å². The second-order valence-electron chi connectivity index (χ2n) is 3.41. The van der Waals surface area contributed by atoms with Crippen LogP contribution in [0.5, 0.6) is 5.75 Å². The normalized spacial score (nSPS) is 13.4. The van der Waals surface area contributed by atoms with Gasteiger partial charge in [0.25, 0.3) is 0 Å². The van der Waals surface area contributed by atoms with Crippen LogP contribution in [-0.2, 0) is 6.54 Å². The minimum atomic E-state index is 0.628. The van der Waals surface area contributed by atoms with Gasteiger partial charge in [-0.25, -0.2) is 0 Å². The van der Waals surface area contributed by atoms with Crippen molar-refractivity contribution >= 4 is 6.21 Å². The van der Waals surface area contributed by atoms with Gasteiger partial charge in [0.1, 0.15) is 5.75 Å². The van der Waals surface area contributed by atoms with E-state index in [-0.39, 0.29) is 0 Å². The molecule has 0 aliphatic heterocycles. The van der Waals surface area contributed by atoms with Gasteiger partial charge in [0.15, 0.2) is 0 Å². The molecule has 80 valence electrons. The second kappa shape index (κ2) is 5.15. The van der Waals surface area contributed by atoms with E-state index < -0.39 is 0 Å². The van der Waals surface area contributed by atoms with Gasteiger partial charge in [-0.15, -0.1) is 5.73 Å². The Bertz CT molecular complexity index is 491. The molecule has 1 aromatic carbocycles. The Morgan fingerprint density at radius 2 is 2.25 bits per heavy atom. The fraction of sp³-hybridized carbons (Fsp3) is 0.143. The molecule has 0 bridgehead atoms. The molecule has 0 spiro atoms. The van der Waals surface area contributed by atoms with E-state index in [1.807, 2.05) is 48.7 Å². The molecule has 1 aromatic rings. The van der Waals surface area contributed by atoms with Gasteiger partial charge in [-0.3, -0.25) is 4.99 Å². The van der Waals surface area contributed by atoms with Crippen LogP contribution < -0.4 is 4.74 Å². The number of benzene rings is 1. The van der Waals surface area contributed by atoms with Crippen molar-refractivity contribution in [1.29, 1.82) is 0 Å². The molecule has 0 fully saturated rings. The predicted octanol–water partition coefficient (Wildman–Crippen LogP) is 2.92. The number of rotatable bonds is 4. The van der Waals surface area contributed by atoms with Crippen molar-refractivity contribution in [2.45, 2.75) is 6.54 Å². The number of para-hydroxylation sites is 1. The maximum atomic E-state index is 5.25. The Hall–Kier alpha value is -2.05. The molecular formula is C14H13NO. The molecular weight excluding hydrogens is 198 g/mol. The van der Waals surface area contributed by atoms with Crippen LogP contribution in [0, 0.1) is 0 Å². The minimum Gasteiger partial charge on any atom is -0.496 e. The van der Waals surface area contributed by atoms with Gasteiger partial charge in [0.2, 0.25) is 0 Å². The highest BCUT2D eigenvalue weighted by atomic mass is 16.5. The lowest BCUT2D eigenvalue weighted by molar-refractivity contribution is 0.410. The molecule has 1 aliphatic rings. The minimum absolute atomic E-state index is 0.628. The standard InChI is InChI=1S/C14H13NO/c1-16-14-9-5-4-8-13(14)11-15-10-12-6-2-3-7-12/h2-6,8-10H,11H2,1H3. The Labute approximate surface area is 95.3 Å². The Balaban J connectivity index is 2.04. The van der Waals surface area contributed by atoms with Crippen molar-refractivity contribution in [2.75, 3.05) is 7.11 Å². The lowest BCUT2D eigenvalue weighted by Crippen LogP contribution is -1.90. The summed E-state index contributed by atoms with van der Waals surface area (Å²) in [6.07, 6.45) is 7.63. The molecule has 0 heterocycles. The molecule has 2 rings (SSSR count). The average Bonchev–Trinajstić information content (AvgIpc) is 2.83. The molecule has 0 aromatic heterocycles. The Morgan fingerprint density at radius 1 is 1.38 bits per heavy atom. The third kappa shape index (κ3) is 2.50. The third-order valence-corrected chi connectivity index (χ3v) is 2.31. The van der Waals surface area contributed by atoms with Gasteiger partial charge >= 0.3 is 0 Å². The zero-order valence-electron chi connectivity index (χ0n) is 9.18. The van der Waals surface area contributed by atoms with Crippen molar-refractivity contribution < 1.29 is 4.74 Å². The van der Waals surface area contributed by atoms with Gasteiger partial charge in [0.05, 0.1) is 13.7 Å². The first kappa shape index (κ1) is 10.5. The van der Waals surface area contributed by atoms with Gasteiger partial charge in [-0.1, -0.05) is 24.3 Å². The highest BCUT2D eigenvalue weighted by molar-refractivity contribution is 5.83. The zero-order valence-corrected chi connectivity index (χ0v) is 9.18. The molecule has 2 heteroatoms. The van der Waals surface area contributed by atoms with E-state index in [1.54, 1.807) is 7.11 Å². The number of nitrogens with zero attached hydrogens (tertiary/aromatic N) is 1. The summed E-state index contributed by atoms with van der Waals surface area (Å²) in [6, 6.07) is 7.91. The van der Waals surface area contributed by atoms with Crippen LogP contribution in [0.1, 0.15) is 5.56 Å². The predicted molar refractivity (Wildman–Crippen MR) is 65.9 cm³/mol. The first-order valence-electron chi connectivity index (χ1n) is 5.15. The van der Waals surface area contributed by atoms with Crippen molar-refractivity contribution in [3.05, 3.63) is 59.4 Å². The van der Waals surface area contributed by atoms with Crippen LogP contribution in [0.2, 0.25) is 0 Å². The van der Waals surface area contributed by atoms with Gasteiger partial charge in [-0.05, 0) is 18.2 Å². The van der Waals surface area contributed by atoms with E-state index in [1.165, 1.54) is 0 Å². The van der Waals surface area contributed by atoms with E-state index in [4.69, 9.17) is 4.74 Å². The second-order valence-corrected chi connectivity index (χ2v) is 3.41. The summed E-state index contributed by atoms with van der Waals surface area (Å²) in [6.45, 7) is 0.628. The van der Waals surface area contributed by atoms with Crippen LogP contribution in [-0.4, -0.2) is 13.3 Å². The number of hydrogen-bond donors (Lipinski definition) is 0. The van der Waals surface area contributed by atoms with E-state index in [9.17, 15) is 0 Å². The summed E-state index contributed by atoms with van der Waals surface area (Å²) < 4.78 is 5.25. The topological polar surface area (TPSA) is 21.6 Å². The van der Waals surface area contributed by atoms with Crippen LogP contribution in [0.3, 0.4) is 0 Å². The van der Waals surface area contributed by atoms with Gasteiger partial charge in [0, 0.05) is 17.4 Å². The highest BCUT2D eigenvalue weighted by Gasteiger charge is 1.99. The summed E-state index contributed by atoms with van der Waals surface area (Å²) in [5.41, 5.74) is 5.17. The fourth-order valence-corrected chi connectivity index (χ4v) is 1.50. The largest absolute Gasteiger partial charge is 0.496 e. The molecule has 2 nitrogen and oxygen atoms in total. The molecule has 1 aliphatic carbocycles. The first-order chi connectivity index (χ1) is 7.90. The van der Waals surface area contributed by atoms with E-state index in [2.05, 4.69) is 10.7 Å². The van der Waals surface area contributed by atoms with Crippen molar-refractivity contribution in [3.63, 3.8) is 0 Å². The molecule has 0 saturated heterocycles. The summed E-state index contributed by atoms with van der Waals surface area (Å²) in [5.74, 6) is 0.881. The van der Waals surface area contributed by atoms with E-state index in [0.29, 0.717) is 6.54 Å². The van der Waals surface area contributed by atoms with Crippen LogP contribution in [0.4, 0.5) is 0 Å². The Kier molecular flexibility index (Phi) is 3.37. The molecule has 0 radical (unpaired) electrons. The maximum Gasteiger partial charge on any atom is 0.123 e. The number of methoxy groups -OCH3 is 1. The lowest BCUT2D eigenvalue weighted by Gasteiger charge is -2.04. The maximum absolute atomic E-state index is 5.25. The first-order valence-corrected chi connectivity index (χ1v) is 5.15. The number of aliphatic imine (C=N–C) groups is 1. The fourth-order valence-electron chi connectivity index (χ4n) is 1.50. The molecule has 0 atom stereocenters. The SMILES string of the molecule is COc1ccccc1CN=CC1=C=CC=C1. The summed E-state index contributed by atoms with van der Waals surface area (Å²) in [7, 11) is 1.67. The van der Waals surface area contributed by atoms with Crippen molar-refractivity contribution in [2.24, 2.45) is 4.99 Å². The van der Waals surface area contributed by atoms with Gasteiger partial charge < -0.3 is 4.74 Å². The summed E-state index contributed by atoms with van der Waals surface area (Å²) in [4.78, 5) is 4.36. The van der Waals surface area contributed by atoms with Crippen LogP contribution in [0.15, 0.2) is 58.8 Å². The number of ether oxygens (including phenoxy) is 1. The molecule has 0 amide bonds. The molecule has 0 N–H and O–H groups in total. The third-order valence-electron chi connectivity index (χ3n) is 2.31. The Morgan fingerprint density at radius 3 is 3.00 bits per heavy atom. The van der Waals surface area contributed by atoms with Crippen LogP contribution in [0.25, 0.3) is 0 Å². The zero-order chi connectivity index (χ0) is 11.2. The molecule has 0 unspecified atom stereocenters. The average molecular weight is 211 g/mol. The van der Waals surface area contributed by atoms with Crippen molar-refractivity contribution in [1.82, 2.24) is 0 Å². The number of hydrogen-bond acceptors (Lipinski definition) is 2. The van der Waals surface area contributed by atoms with Crippen LogP contribution >= 0.6 is 0 Å². The lowest BCUT2D eigenvalue weighted by atomic mass is 10.2. The smallest absolute Gasteiger partial charge is 0.123 e. The van der Waals surface area contributed by atoms with E-state index in [0.717, 1.165) is 16.9 Å². The van der Waals surface area contributed by atoms with Crippen molar-refractivity contribution in [3.8, 4) is 5.75 Å². The molecule has 0 saturated carbocycles. The highest BCUT2D eigenvalue weighted by Crippen LogP contribution is 2.17. The monoisotopic (exact) mass is 211 g/mol. The molecule has 16 heavy (non-hydrogen) atoms. The summed E-state index contributed by atoms with van der Waals surface area (Å²) >= 11 is 0. The number of allylic oxidation sites excluding steroid dienone is 3. The van der Waals surface area contributed by atoms with Gasteiger partial charge in [-0.2, -0.15) is 0 Å². The summed E-state index contributed by atoms with van der Waals surface area (Å²) in [5, 5.41) is 0.